The molecule has 1 aliphatic rings. The van der Waals surface area contributed by atoms with Gasteiger partial charge in [-0.25, -0.2) is 8.42 Å². The molecule has 0 unspecified atom stereocenters. The molecule has 1 aromatic rings. The number of nitrogens with zero attached hydrogens (tertiary/aromatic N) is 3. The summed E-state index contributed by atoms with van der Waals surface area (Å²) in [4.78, 5) is 6.74. The Morgan fingerprint density at radius 1 is 1.31 bits per heavy atom. The molecule has 6 nitrogen and oxygen atoms in total. The van der Waals surface area contributed by atoms with Gasteiger partial charge < -0.3 is 10.2 Å². The van der Waals surface area contributed by atoms with E-state index in [4.69, 9.17) is 0 Å². The second kappa shape index (κ2) is 9.73. The van der Waals surface area contributed by atoms with Crippen molar-refractivity contribution in [1.82, 2.24) is 14.5 Å². The molecule has 0 spiro atoms. The Hall–Kier alpha value is -1.86. The van der Waals surface area contributed by atoms with Crippen molar-refractivity contribution in [3.05, 3.63) is 42.5 Å². The predicted octanol–water partition coefficient (Wildman–Crippen LogP) is 2.44. The molecule has 1 N–H and O–H groups in total. The molecular formula is C19H30N4O2S. The lowest BCUT2D eigenvalue weighted by Gasteiger charge is -2.22. The highest BCUT2D eigenvalue weighted by Crippen LogP contribution is 2.21. The molecule has 1 saturated heterocycles. The maximum Gasteiger partial charge on any atom is 0.243 e. The van der Waals surface area contributed by atoms with E-state index < -0.39 is 10.0 Å². The molecule has 0 atom stereocenters. The predicted molar refractivity (Wildman–Crippen MR) is 107 cm³/mol. The fourth-order valence-electron chi connectivity index (χ4n) is 3.00. The third-order valence-corrected chi connectivity index (χ3v) is 6.46. The highest BCUT2D eigenvalue weighted by molar-refractivity contribution is 7.89. The highest BCUT2D eigenvalue weighted by atomic mass is 32.2. The Morgan fingerprint density at radius 2 is 1.96 bits per heavy atom. The van der Waals surface area contributed by atoms with Gasteiger partial charge in [-0.15, -0.1) is 6.58 Å². The first-order valence-corrected chi connectivity index (χ1v) is 10.5. The number of nitrogens with one attached hydrogen (secondary N) is 1. The minimum absolute atomic E-state index is 0.370. The molecule has 0 aromatic heterocycles. The molecule has 7 heteroatoms. The standard InChI is InChI=1S/C19H30N4O2S/c1-4-5-6-13-22(3)19(20-2)21-16-17-9-11-18(12-10-17)26(24,25)23-14-7-8-15-23/h4,9-12H,1,5-8,13-16H2,2-3H3,(H,20,21). The maximum atomic E-state index is 12.6. The largest absolute Gasteiger partial charge is 0.352 e. The lowest BCUT2D eigenvalue weighted by atomic mass is 10.2. The minimum atomic E-state index is -3.34. The van der Waals surface area contributed by atoms with Crippen LogP contribution in [0.15, 0.2) is 46.8 Å². The first kappa shape index (κ1) is 20.5. The van der Waals surface area contributed by atoms with Crippen LogP contribution in [0.4, 0.5) is 0 Å². The van der Waals surface area contributed by atoms with Gasteiger partial charge in [-0.3, -0.25) is 4.99 Å². The third-order valence-electron chi connectivity index (χ3n) is 4.55. The summed E-state index contributed by atoms with van der Waals surface area (Å²) in [6.45, 7) is 6.49. The van der Waals surface area contributed by atoms with Crippen LogP contribution in [0.3, 0.4) is 0 Å². The Bertz CT molecular complexity index is 708. The maximum absolute atomic E-state index is 12.6. The van der Waals surface area contributed by atoms with Crippen molar-refractivity contribution in [2.24, 2.45) is 4.99 Å². The number of benzene rings is 1. The van der Waals surface area contributed by atoms with E-state index in [0.717, 1.165) is 43.8 Å². The Morgan fingerprint density at radius 3 is 2.54 bits per heavy atom. The van der Waals surface area contributed by atoms with E-state index in [1.165, 1.54) is 0 Å². The average molecular weight is 379 g/mol. The molecule has 1 fully saturated rings. The first-order valence-electron chi connectivity index (χ1n) is 9.11. The number of unbranched alkanes of at least 4 members (excludes halogenated alkanes) is 1. The Kier molecular flexibility index (Phi) is 7.66. The summed E-state index contributed by atoms with van der Waals surface area (Å²) in [5, 5.41) is 3.32. The van der Waals surface area contributed by atoms with Crippen LogP contribution in [0.25, 0.3) is 0 Å². The molecule has 144 valence electrons. The fraction of sp³-hybridized carbons (Fsp3) is 0.526. The normalized spacial score (nSPS) is 15.8. The molecule has 1 aromatic carbocycles. The lowest BCUT2D eigenvalue weighted by molar-refractivity contribution is 0.469. The lowest BCUT2D eigenvalue weighted by Crippen LogP contribution is -2.38. The van der Waals surface area contributed by atoms with E-state index in [1.807, 2.05) is 25.3 Å². The number of sulfonamides is 1. The fourth-order valence-corrected chi connectivity index (χ4v) is 4.52. The number of rotatable bonds is 8. The van der Waals surface area contributed by atoms with E-state index >= 15 is 0 Å². The van der Waals surface area contributed by atoms with E-state index in [1.54, 1.807) is 23.5 Å². The van der Waals surface area contributed by atoms with Crippen molar-refractivity contribution in [3.63, 3.8) is 0 Å². The average Bonchev–Trinajstić information content (AvgIpc) is 3.18. The summed E-state index contributed by atoms with van der Waals surface area (Å²) in [5.41, 5.74) is 1.02. The van der Waals surface area contributed by atoms with Crippen molar-refractivity contribution in [2.75, 3.05) is 33.7 Å². The molecule has 0 radical (unpaired) electrons. The van der Waals surface area contributed by atoms with Crippen molar-refractivity contribution >= 4 is 16.0 Å². The molecule has 1 aliphatic heterocycles. The second-order valence-electron chi connectivity index (χ2n) is 6.51. The van der Waals surface area contributed by atoms with Crippen LogP contribution in [0.1, 0.15) is 31.2 Å². The summed E-state index contributed by atoms with van der Waals surface area (Å²) in [5.74, 6) is 0.822. The zero-order valence-corrected chi connectivity index (χ0v) is 16.6. The summed E-state index contributed by atoms with van der Waals surface area (Å²) in [6, 6.07) is 7.12. The van der Waals surface area contributed by atoms with Crippen LogP contribution in [0.5, 0.6) is 0 Å². The van der Waals surface area contributed by atoms with Crippen molar-refractivity contribution in [3.8, 4) is 0 Å². The third kappa shape index (κ3) is 5.32. The van der Waals surface area contributed by atoms with Crippen LogP contribution in [0.2, 0.25) is 0 Å². The van der Waals surface area contributed by atoms with Crippen LogP contribution < -0.4 is 5.32 Å². The van der Waals surface area contributed by atoms with Crippen molar-refractivity contribution < 1.29 is 8.42 Å². The Balaban J connectivity index is 1.93. The molecule has 0 saturated carbocycles. The smallest absolute Gasteiger partial charge is 0.243 e. The number of aliphatic imine (C=N–C) groups is 1. The zero-order valence-electron chi connectivity index (χ0n) is 15.8. The Labute approximate surface area is 157 Å². The summed E-state index contributed by atoms with van der Waals surface area (Å²) in [7, 11) is 0.421. The molecule has 0 amide bonds. The van der Waals surface area contributed by atoms with E-state index in [0.29, 0.717) is 24.5 Å². The van der Waals surface area contributed by atoms with E-state index in [-0.39, 0.29) is 0 Å². The number of hydrogen-bond donors (Lipinski definition) is 1. The number of allylic oxidation sites excluding steroid dienone is 1. The van der Waals surface area contributed by atoms with E-state index in [9.17, 15) is 8.42 Å². The zero-order chi connectivity index (χ0) is 19.0. The molecule has 26 heavy (non-hydrogen) atoms. The highest BCUT2D eigenvalue weighted by Gasteiger charge is 2.26. The van der Waals surface area contributed by atoms with Gasteiger partial charge in [0.15, 0.2) is 5.96 Å². The van der Waals surface area contributed by atoms with Crippen LogP contribution >= 0.6 is 0 Å². The topological polar surface area (TPSA) is 65.0 Å². The van der Waals surface area contributed by atoms with Gasteiger partial charge in [0.25, 0.3) is 0 Å². The van der Waals surface area contributed by atoms with Gasteiger partial charge in [-0.2, -0.15) is 4.31 Å². The first-order chi connectivity index (χ1) is 12.5. The molecule has 1 heterocycles. The van der Waals surface area contributed by atoms with Crippen molar-refractivity contribution in [2.45, 2.75) is 37.1 Å². The van der Waals surface area contributed by atoms with Gasteiger partial charge in [0.2, 0.25) is 10.0 Å². The number of hydrogen-bond acceptors (Lipinski definition) is 3. The summed E-state index contributed by atoms with van der Waals surface area (Å²) < 4.78 is 26.7. The van der Waals surface area contributed by atoms with Gasteiger partial charge in [0.1, 0.15) is 0 Å². The van der Waals surface area contributed by atoms with E-state index in [2.05, 4.69) is 21.8 Å². The van der Waals surface area contributed by atoms with Gasteiger partial charge in [-0.05, 0) is 43.4 Å². The van der Waals surface area contributed by atoms with Gasteiger partial charge in [-0.1, -0.05) is 18.2 Å². The quantitative estimate of drug-likeness (QED) is 0.327. The SMILES string of the molecule is C=CCCCN(C)C(=NC)NCc1ccc(S(=O)(=O)N2CCCC2)cc1. The van der Waals surface area contributed by atoms with Crippen LogP contribution in [-0.4, -0.2) is 57.3 Å². The number of guanidine groups is 1. The van der Waals surface area contributed by atoms with Gasteiger partial charge in [0.05, 0.1) is 4.90 Å². The summed E-state index contributed by atoms with van der Waals surface area (Å²) in [6.07, 6.45) is 5.82. The van der Waals surface area contributed by atoms with Gasteiger partial charge >= 0.3 is 0 Å². The monoisotopic (exact) mass is 378 g/mol. The van der Waals surface area contributed by atoms with Crippen molar-refractivity contribution in [1.29, 1.82) is 0 Å². The minimum Gasteiger partial charge on any atom is -0.352 e. The molecule has 2 rings (SSSR count). The second-order valence-corrected chi connectivity index (χ2v) is 8.45. The van der Waals surface area contributed by atoms with Gasteiger partial charge in [0, 0.05) is 40.3 Å². The van der Waals surface area contributed by atoms with Crippen LogP contribution in [-0.2, 0) is 16.6 Å². The molecule has 0 aliphatic carbocycles. The van der Waals surface area contributed by atoms with Crippen LogP contribution in [0, 0.1) is 0 Å². The molecular weight excluding hydrogens is 348 g/mol. The molecule has 0 bridgehead atoms. The summed E-state index contributed by atoms with van der Waals surface area (Å²) >= 11 is 0.